The summed E-state index contributed by atoms with van der Waals surface area (Å²) in [5.74, 6) is 0.104. The second-order valence-electron chi connectivity index (χ2n) is 7.97. The van der Waals surface area contributed by atoms with E-state index in [-0.39, 0.29) is 11.8 Å². The molecule has 1 aliphatic carbocycles. The van der Waals surface area contributed by atoms with Gasteiger partial charge >= 0.3 is 0 Å². The molecular formula is C22H22N4O4. The number of fused-ring (bicyclic) bond motifs is 1. The van der Waals surface area contributed by atoms with E-state index in [1.807, 2.05) is 30.3 Å². The van der Waals surface area contributed by atoms with Gasteiger partial charge in [0.15, 0.2) is 11.4 Å². The average Bonchev–Trinajstić information content (AvgIpc) is 3.44. The Morgan fingerprint density at radius 2 is 1.60 bits per heavy atom. The number of nitrogens with two attached hydrogens (primary N) is 1. The van der Waals surface area contributed by atoms with E-state index in [9.17, 15) is 14.7 Å². The van der Waals surface area contributed by atoms with E-state index >= 15 is 0 Å². The quantitative estimate of drug-likeness (QED) is 0.687. The molecule has 0 radical (unpaired) electrons. The molecule has 2 heterocycles. The highest BCUT2D eigenvalue weighted by atomic mass is 16.5. The highest BCUT2D eigenvalue weighted by molar-refractivity contribution is 5.95. The molecule has 1 aliphatic heterocycles. The smallest absolute Gasteiger partial charge is 0.254 e. The van der Waals surface area contributed by atoms with Gasteiger partial charge in [0, 0.05) is 31.7 Å². The van der Waals surface area contributed by atoms with Crippen molar-refractivity contribution < 1.29 is 19.2 Å². The summed E-state index contributed by atoms with van der Waals surface area (Å²) >= 11 is 0. The van der Waals surface area contributed by atoms with Gasteiger partial charge in [-0.3, -0.25) is 9.59 Å². The van der Waals surface area contributed by atoms with Crippen molar-refractivity contribution in [3.8, 4) is 11.1 Å². The van der Waals surface area contributed by atoms with Crippen molar-refractivity contribution in [3.63, 3.8) is 0 Å². The van der Waals surface area contributed by atoms with E-state index in [1.54, 1.807) is 21.9 Å². The molecule has 2 amide bonds. The molecule has 0 atom stereocenters. The maximum Gasteiger partial charge on any atom is 0.254 e. The predicted octanol–water partition coefficient (Wildman–Crippen LogP) is 1.89. The van der Waals surface area contributed by atoms with Crippen molar-refractivity contribution in [2.45, 2.75) is 18.4 Å². The Balaban J connectivity index is 1.26. The number of benzene rings is 2. The molecule has 8 heteroatoms. The molecule has 2 aliphatic rings. The average molecular weight is 406 g/mol. The van der Waals surface area contributed by atoms with Gasteiger partial charge in [-0.2, -0.15) is 0 Å². The molecule has 0 unspecified atom stereocenters. The third kappa shape index (κ3) is 3.19. The summed E-state index contributed by atoms with van der Waals surface area (Å²) in [5, 5.41) is 14.5. The van der Waals surface area contributed by atoms with Crippen molar-refractivity contribution in [3.05, 3.63) is 48.0 Å². The van der Waals surface area contributed by atoms with Crippen LogP contribution in [0.2, 0.25) is 0 Å². The molecule has 3 N–H and O–H groups in total. The van der Waals surface area contributed by atoms with E-state index in [2.05, 4.69) is 5.16 Å². The number of piperazine rings is 1. The summed E-state index contributed by atoms with van der Waals surface area (Å²) in [6, 6.07) is 13.1. The number of aromatic nitrogens is 1. The number of amides is 2. The standard InChI is InChI=1S/C22H22N4O4/c23-19-17-6-5-16(13-18(17)30-24-19)14-1-3-15(4-2-14)20(27)25-9-11-26(12-10-25)21(28)22(29)7-8-22/h1-6,13,29H,7-12H2,(H2,23,24). The number of carbonyl (C=O) groups is 2. The summed E-state index contributed by atoms with van der Waals surface area (Å²) in [7, 11) is 0. The minimum absolute atomic E-state index is 0.0581. The van der Waals surface area contributed by atoms with Gasteiger partial charge < -0.3 is 25.2 Å². The van der Waals surface area contributed by atoms with Gasteiger partial charge in [0.05, 0.1) is 5.39 Å². The van der Waals surface area contributed by atoms with Crippen LogP contribution >= 0.6 is 0 Å². The van der Waals surface area contributed by atoms with Gasteiger partial charge in [-0.1, -0.05) is 23.4 Å². The summed E-state index contributed by atoms with van der Waals surface area (Å²) < 4.78 is 5.22. The summed E-state index contributed by atoms with van der Waals surface area (Å²) in [4.78, 5) is 28.5. The van der Waals surface area contributed by atoms with Crippen molar-refractivity contribution in [1.29, 1.82) is 0 Å². The van der Waals surface area contributed by atoms with Crippen LogP contribution in [0.4, 0.5) is 5.82 Å². The minimum Gasteiger partial charge on any atom is -0.380 e. The molecule has 1 saturated carbocycles. The van der Waals surface area contributed by atoms with Gasteiger partial charge in [-0.25, -0.2) is 0 Å². The van der Waals surface area contributed by atoms with E-state index < -0.39 is 5.60 Å². The van der Waals surface area contributed by atoms with Gasteiger partial charge in [0.2, 0.25) is 0 Å². The second-order valence-corrected chi connectivity index (χ2v) is 7.97. The molecule has 3 aromatic rings. The maximum absolute atomic E-state index is 12.8. The van der Waals surface area contributed by atoms with E-state index in [0.29, 0.717) is 56.0 Å². The van der Waals surface area contributed by atoms with Gasteiger partial charge in [0.1, 0.15) is 5.60 Å². The van der Waals surface area contributed by atoms with Crippen LogP contribution in [-0.4, -0.2) is 63.7 Å². The molecule has 1 saturated heterocycles. The predicted molar refractivity (Wildman–Crippen MR) is 111 cm³/mol. The molecule has 1 aromatic heterocycles. The number of nitrogens with zero attached hydrogens (tertiary/aromatic N) is 3. The Labute approximate surface area is 172 Å². The van der Waals surface area contributed by atoms with Crippen molar-refractivity contribution in [1.82, 2.24) is 15.0 Å². The first-order valence-corrected chi connectivity index (χ1v) is 10.0. The van der Waals surface area contributed by atoms with E-state index in [4.69, 9.17) is 10.3 Å². The maximum atomic E-state index is 12.8. The van der Waals surface area contributed by atoms with Crippen molar-refractivity contribution in [2.75, 3.05) is 31.9 Å². The summed E-state index contributed by atoms with van der Waals surface area (Å²) in [5.41, 5.74) is 7.73. The van der Waals surface area contributed by atoms with Crippen LogP contribution in [0.5, 0.6) is 0 Å². The lowest BCUT2D eigenvalue weighted by atomic mass is 10.0. The van der Waals surface area contributed by atoms with Crippen LogP contribution in [0.15, 0.2) is 47.0 Å². The third-order valence-corrected chi connectivity index (χ3v) is 5.94. The Morgan fingerprint density at radius 1 is 0.967 bits per heavy atom. The number of hydrogen-bond acceptors (Lipinski definition) is 6. The molecule has 0 bridgehead atoms. The number of nitrogen functional groups attached to an aromatic ring is 1. The fraction of sp³-hybridized carbons (Fsp3) is 0.318. The third-order valence-electron chi connectivity index (χ3n) is 5.94. The Morgan fingerprint density at radius 3 is 2.27 bits per heavy atom. The topological polar surface area (TPSA) is 113 Å². The molecule has 2 fully saturated rings. The molecule has 5 rings (SSSR count). The molecule has 0 spiro atoms. The Hall–Kier alpha value is -3.39. The molecule has 2 aromatic carbocycles. The number of anilines is 1. The van der Waals surface area contributed by atoms with Crippen molar-refractivity contribution in [2.24, 2.45) is 0 Å². The SMILES string of the molecule is Nc1noc2cc(-c3ccc(C(=O)N4CCN(C(=O)C5(O)CC5)CC4)cc3)ccc12. The summed E-state index contributed by atoms with van der Waals surface area (Å²) in [6.45, 7) is 1.83. The number of rotatable bonds is 3. The largest absolute Gasteiger partial charge is 0.380 e. The second kappa shape index (κ2) is 6.84. The van der Waals surface area contributed by atoms with Crippen LogP contribution in [0.1, 0.15) is 23.2 Å². The first kappa shape index (κ1) is 18.6. The molecule has 8 nitrogen and oxygen atoms in total. The number of carbonyl (C=O) groups excluding carboxylic acids is 2. The lowest BCUT2D eigenvalue weighted by Gasteiger charge is -2.35. The fourth-order valence-corrected chi connectivity index (χ4v) is 3.86. The first-order chi connectivity index (χ1) is 14.4. The van der Waals surface area contributed by atoms with E-state index in [0.717, 1.165) is 16.5 Å². The molecule has 154 valence electrons. The molecule has 30 heavy (non-hydrogen) atoms. The minimum atomic E-state index is -1.15. The number of aliphatic hydroxyl groups is 1. The highest BCUT2D eigenvalue weighted by Gasteiger charge is 2.50. The lowest BCUT2D eigenvalue weighted by Crippen LogP contribution is -2.53. The Kier molecular flexibility index (Phi) is 4.25. The van der Waals surface area contributed by atoms with Gasteiger partial charge in [0.25, 0.3) is 11.8 Å². The normalized spacial score (nSPS) is 17.9. The zero-order chi connectivity index (χ0) is 20.9. The van der Waals surface area contributed by atoms with Gasteiger partial charge in [-0.05, 0) is 48.2 Å². The first-order valence-electron chi connectivity index (χ1n) is 10.0. The highest BCUT2D eigenvalue weighted by Crippen LogP contribution is 2.37. The van der Waals surface area contributed by atoms with Crippen LogP contribution in [0, 0.1) is 0 Å². The summed E-state index contributed by atoms with van der Waals surface area (Å²) in [6.07, 6.45) is 1.07. The number of hydrogen-bond donors (Lipinski definition) is 2. The van der Waals surface area contributed by atoms with Crippen LogP contribution < -0.4 is 5.73 Å². The van der Waals surface area contributed by atoms with Crippen LogP contribution in [0.25, 0.3) is 22.1 Å². The zero-order valence-electron chi connectivity index (χ0n) is 16.4. The Bertz CT molecular complexity index is 1130. The molecular weight excluding hydrogens is 384 g/mol. The van der Waals surface area contributed by atoms with E-state index in [1.165, 1.54) is 0 Å². The zero-order valence-corrected chi connectivity index (χ0v) is 16.4. The lowest BCUT2D eigenvalue weighted by molar-refractivity contribution is -0.143. The van der Waals surface area contributed by atoms with Gasteiger partial charge in [-0.15, -0.1) is 0 Å². The van der Waals surface area contributed by atoms with Crippen LogP contribution in [-0.2, 0) is 4.79 Å². The van der Waals surface area contributed by atoms with Crippen LogP contribution in [0.3, 0.4) is 0 Å². The monoisotopic (exact) mass is 406 g/mol. The van der Waals surface area contributed by atoms with Crippen molar-refractivity contribution >= 4 is 28.6 Å². The fourth-order valence-electron chi connectivity index (χ4n) is 3.86.